The van der Waals surface area contributed by atoms with E-state index in [9.17, 15) is 14.7 Å². The number of carbonyl (C=O) groups is 2. The summed E-state index contributed by atoms with van der Waals surface area (Å²) < 4.78 is 0. The van der Waals surface area contributed by atoms with Gasteiger partial charge in [0.25, 0.3) is 5.91 Å². The molecule has 104 valence electrons. The average Bonchev–Trinajstić information content (AvgIpc) is 2.95. The molecule has 0 radical (unpaired) electrons. The number of nitrogens with zero attached hydrogens (tertiary/aromatic N) is 1. The molecule has 4 nitrogen and oxygen atoms in total. The highest BCUT2D eigenvalue weighted by Gasteiger charge is 2.41. The van der Waals surface area contributed by atoms with E-state index < -0.39 is 12.0 Å². The fourth-order valence-electron chi connectivity index (χ4n) is 2.17. The molecule has 2 rings (SSSR count). The molecule has 0 spiro atoms. The summed E-state index contributed by atoms with van der Waals surface area (Å²) in [5.74, 6) is -0.572. The zero-order valence-corrected chi connectivity index (χ0v) is 12.6. The molecule has 1 saturated heterocycles. The minimum atomic E-state index is -0.910. The monoisotopic (exact) mass is 299 g/mol. The Kier molecular flexibility index (Phi) is 4.52. The zero-order valence-electron chi connectivity index (χ0n) is 11.0. The van der Waals surface area contributed by atoms with Crippen molar-refractivity contribution in [3.8, 4) is 0 Å². The van der Waals surface area contributed by atoms with Crippen LogP contribution in [0.3, 0.4) is 0 Å². The van der Waals surface area contributed by atoms with Gasteiger partial charge in [-0.05, 0) is 25.5 Å². The number of carboxylic acid groups (broad SMARTS) is 1. The number of carbonyl (C=O) groups excluding carboxylic acids is 1. The maximum absolute atomic E-state index is 12.5. The van der Waals surface area contributed by atoms with Crippen molar-refractivity contribution in [1.29, 1.82) is 0 Å². The first-order chi connectivity index (χ1) is 9.04. The molecule has 0 aliphatic carbocycles. The number of thioether (sulfide) groups is 1. The van der Waals surface area contributed by atoms with Gasteiger partial charge in [0.1, 0.15) is 6.04 Å². The first kappa shape index (κ1) is 14.4. The van der Waals surface area contributed by atoms with E-state index >= 15 is 0 Å². The van der Waals surface area contributed by atoms with E-state index in [4.69, 9.17) is 0 Å². The Morgan fingerprint density at radius 1 is 1.47 bits per heavy atom. The Hall–Kier alpha value is -1.01. The fourth-order valence-corrected chi connectivity index (χ4v) is 4.50. The molecule has 2 heterocycles. The van der Waals surface area contributed by atoms with E-state index in [1.807, 2.05) is 19.9 Å². The lowest BCUT2D eigenvalue weighted by atomic mass is 10.2. The van der Waals surface area contributed by atoms with E-state index in [-0.39, 0.29) is 11.3 Å². The Balaban J connectivity index is 2.25. The summed E-state index contributed by atoms with van der Waals surface area (Å²) in [4.78, 5) is 27.1. The van der Waals surface area contributed by atoms with Gasteiger partial charge in [-0.2, -0.15) is 0 Å². The Labute approximate surface area is 120 Å². The molecule has 1 amide bonds. The summed E-state index contributed by atoms with van der Waals surface area (Å²) >= 11 is 2.99. The molecular formula is C13H17NO3S2. The molecule has 1 aliphatic heterocycles. The SMILES string of the molecule is CCCC1SCC(C(=O)O)N1C(=O)c1ccc(C)s1. The van der Waals surface area contributed by atoms with Crippen molar-refractivity contribution in [1.82, 2.24) is 4.90 Å². The third kappa shape index (κ3) is 2.95. The number of carboxylic acids is 1. The minimum absolute atomic E-state index is 0.0130. The number of aliphatic carboxylic acids is 1. The van der Waals surface area contributed by atoms with Crippen LogP contribution in [0.25, 0.3) is 0 Å². The summed E-state index contributed by atoms with van der Waals surface area (Å²) in [6, 6.07) is 2.98. The molecule has 0 saturated carbocycles. The van der Waals surface area contributed by atoms with Crippen LogP contribution in [0.1, 0.15) is 34.3 Å². The zero-order chi connectivity index (χ0) is 14.0. The fraction of sp³-hybridized carbons (Fsp3) is 0.538. The van der Waals surface area contributed by atoms with E-state index in [2.05, 4.69) is 0 Å². The molecule has 2 unspecified atom stereocenters. The van der Waals surface area contributed by atoms with Gasteiger partial charge in [-0.25, -0.2) is 4.79 Å². The highest BCUT2D eigenvalue weighted by atomic mass is 32.2. The van der Waals surface area contributed by atoms with Crippen molar-refractivity contribution < 1.29 is 14.7 Å². The van der Waals surface area contributed by atoms with Crippen LogP contribution in [0.4, 0.5) is 0 Å². The van der Waals surface area contributed by atoms with Crippen molar-refractivity contribution in [3.63, 3.8) is 0 Å². The number of hydrogen-bond donors (Lipinski definition) is 1. The average molecular weight is 299 g/mol. The second kappa shape index (κ2) is 5.96. The standard InChI is InChI=1S/C13H17NO3S2/c1-3-4-11-14(9(7-18-11)13(16)17)12(15)10-6-5-8(2)19-10/h5-6,9,11H,3-4,7H2,1-2H3,(H,16,17). The van der Waals surface area contributed by atoms with Gasteiger partial charge in [-0.1, -0.05) is 13.3 Å². The second-order valence-electron chi connectivity index (χ2n) is 4.55. The van der Waals surface area contributed by atoms with E-state index in [1.165, 1.54) is 11.3 Å². The van der Waals surface area contributed by atoms with Crippen LogP contribution < -0.4 is 0 Å². The van der Waals surface area contributed by atoms with Gasteiger partial charge in [0.2, 0.25) is 0 Å². The van der Waals surface area contributed by atoms with Gasteiger partial charge in [0, 0.05) is 10.6 Å². The highest BCUT2D eigenvalue weighted by molar-refractivity contribution is 8.00. The third-order valence-corrected chi connectivity index (χ3v) is 5.44. The van der Waals surface area contributed by atoms with Crippen LogP contribution in [0.15, 0.2) is 12.1 Å². The maximum Gasteiger partial charge on any atom is 0.327 e. The summed E-state index contributed by atoms with van der Waals surface area (Å²) in [7, 11) is 0. The molecule has 0 aromatic carbocycles. The van der Waals surface area contributed by atoms with E-state index in [1.54, 1.807) is 22.7 Å². The van der Waals surface area contributed by atoms with Crippen LogP contribution in [-0.4, -0.2) is 39.1 Å². The van der Waals surface area contributed by atoms with Gasteiger partial charge in [-0.15, -0.1) is 23.1 Å². The van der Waals surface area contributed by atoms with Gasteiger partial charge < -0.3 is 10.0 Å². The predicted molar refractivity (Wildman–Crippen MR) is 77.8 cm³/mol. The van der Waals surface area contributed by atoms with Crippen molar-refractivity contribution in [2.24, 2.45) is 0 Å². The second-order valence-corrected chi connectivity index (χ2v) is 7.05. The lowest BCUT2D eigenvalue weighted by molar-refractivity contribution is -0.141. The number of rotatable bonds is 4. The van der Waals surface area contributed by atoms with Crippen LogP contribution in [0.2, 0.25) is 0 Å². The maximum atomic E-state index is 12.5. The largest absolute Gasteiger partial charge is 0.480 e. The summed E-state index contributed by atoms with van der Waals surface area (Å²) in [5.41, 5.74) is 0. The Morgan fingerprint density at radius 3 is 2.74 bits per heavy atom. The van der Waals surface area contributed by atoms with Crippen molar-refractivity contribution in [3.05, 3.63) is 21.9 Å². The number of hydrogen-bond acceptors (Lipinski definition) is 4. The minimum Gasteiger partial charge on any atom is -0.480 e. The third-order valence-electron chi connectivity index (χ3n) is 3.10. The van der Waals surface area contributed by atoms with Gasteiger partial charge in [0.05, 0.1) is 10.3 Å². The summed E-state index contributed by atoms with van der Waals surface area (Å²) in [6.45, 7) is 3.99. The van der Waals surface area contributed by atoms with Crippen LogP contribution in [0, 0.1) is 6.92 Å². The summed E-state index contributed by atoms with van der Waals surface area (Å²) in [6.07, 6.45) is 1.78. The molecule has 1 N–H and O–H groups in total. The van der Waals surface area contributed by atoms with Gasteiger partial charge >= 0.3 is 5.97 Å². The lowest BCUT2D eigenvalue weighted by Crippen LogP contribution is -2.45. The Morgan fingerprint density at radius 2 is 2.21 bits per heavy atom. The first-order valence-electron chi connectivity index (χ1n) is 6.28. The molecule has 2 atom stereocenters. The van der Waals surface area contributed by atoms with Crippen molar-refractivity contribution in [2.75, 3.05) is 5.75 Å². The molecule has 1 aliphatic rings. The number of thiophene rings is 1. The van der Waals surface area contributed by atoms with Gasteiger partial charge in [-0.3, -0.25) is 4.79 Å². The van der Waals surface area contributed by atoms with Gasteiger partial charge in [0.15, 0.2) is 0 Å². The quantitative estimate of drug-likeness (QED) is 0.929. The first-order valence-corrected chi connectivity index (χ1v) is 8.14. The van der Waals surface area contributed by atoms with E-state index in [0.717, 1.165) is 17.7 Å². The number of aryl methyl sites for hydroxylation is 1. The molecule has 6 heteroatoms. The van der Waals surface area contributed by atoms with Crippen molar-refractivity contribution >= 4 is 35.0 Å². The highest BCUT2D eigenvalue weighted by Crippen LogP contribution is 2.34. The van der Waals surface area contributed by atoms with E-state index in [0.29, 0.717) is 10.6 Å². The van der Waals surface area contributed by atoms with Crippen molar-refractivity contribution in [2.45, 2.75) is 38.1 Å². The summed E-state index contributed by atoms with van der Waals surface area (Å²) in [5, 5.41) is 9.25. The lowest BCUT2D eigenvalue weighted by Gasteiger charge is -2.26. The van der Waals surface area contributed by atoms with Crippen LogP contribution in [0.5, 0.6) is 0 Å². The molecule has 19 heavy (non-hydrogen) atoms. The normalized spacial score (nSPS) is 22.7. The molecule has 1 aromatic rings. The molecule has 1 fully saturated rings. The smallest absolute Gasteiger partial charge is 0.327 e. The van der Waals surface area contributed by atoms with Crippen LogP contribution in [-0.2, 0) is 4.79 Å². The molecule has 1 aromatic heterocycles. The number of amides is 1. The topological polar surface area (TPSA) is 57.6 Å². The molecule has 0 bridgehead atoms. The molecular weight excluding hydrogens is 282 g/mol. The Bertz CT molecular complexity index is 486. The predicted octanol–water partition coefficient (Wildman–Crippen LogP) is 2.82. The van der Waals surface area contributed by atoms with Crippen LogP contribution >= 0.6 is 23.1 Å².